The lowest BCUT2D eigenvalue weighted by molar-refractivity contribution is 0.192. The molecule has 2 aromatic rings. The molecular formula is C15H17FN2. The van der Waals surface area contributed by atoms with E-state index in [-0.39, 0.29) is 5.92 Å². The second kappa shape index (κ2) is 5.02. The highest BCUT2D eigenvalue weighted by atomic mass is 19.1. The van der Waals surface area contributed by atoms with Crippen molar-refractivity contribution in [1.29, 1.82) is 0 Å². The smallest absolute Gasteiger partial charge is 0.129 e. The highest BCUT2D eigenvalue weighted by Crippen LogP contribution is 2.35. The van der Waals surface area contributed by atoms with Gasteiger partial charge in [0.05, 0.1) is 0 Å². The quantitative estimate of drug-likeness (QED) is 0.877. The van der Waals surface area contributed by atoms with Crippen LogP contribution in [-0.2, 0) is 0 Å². The molecule has 1 unspecified atom stereocenters. The van der Waals surface area contributed by atoms with E-state index in [1.54, 1.807) is 12.4 Å². The molecule has 0 amide bonds. The van der Waals surface area contributed by atoms with Gasteiger partial charge in [-0.2, -0.15) is 0 Å². The first-order chi connectivity index (χ1) is 8.86. The fraction of sp³-hybridized carbons (Fsp3) is 0.400. The second-order valence-corrected chi connectivity index (χ2v) is 4.93. The summed E-state index contributed by atoms with van der Waals surface area (Å²) in [5.41, 5.74) is 0.821. The summed E-state index contributed by atoms with van der Waals surface area (Å²) >= 11 is 0. The van der Waals surface area contributed by atoms with Gasteiger partial charge in [0.25, 0.3) is 0 Å². The minimum absolute atomic E-state index is 0.144. The summed E-state index contributed by atoms with van der Waals surface area (Å²) in [6.45, 7) is 1.86. The summed E-state index contributed by atoms with van der Waals surface area (Å²) in [6.07, 6.45) is 4.51. The normalized spacial score (nSPS) is 18.9. The molecule has 1 atom stereocenters. The summed E-state index contributed by atoms with van der Waals surface area (Å²) in [5, 5.41) is 5.30. The number of fused-ring (bicyclic) bond motifs is 1. The molecule has 0 saturated carbocycles. The lowest BCUT2D eigenvalue weighted by Gasteiger charge is -2.26. The topological polar surface area (TPSA) is 24.9 Å². The van der Waals surface area contributed by atoms with Gasteiger partial charge >= 0.3 is 0 Å². The molecule has 0 radical (unpaired) electrons. The van der Waals surface area contributed by atoms with Crippen LogP contribution in [0, 0.1) is 5.92 Å². The van der Waals surface area contributed by atoms with Crippen LogP contribution in [0.1, 0.15) is 24.6 Å². The lowest BCUT2D eigenvalue weighted by atomic mass is 9.87. The van der Waals surface area contributed by atoms with E-state index in [0.717, 1.165) is 42.3 Å². The summed E-state index contributed by atoms with van der Waals surface area (Å²) in [7, 11) is 0. The average molecular weight is 244 g/mol. The molecule has 1 aromatic heterocycles. The van der Waals surface area contributed by atoms with Gasteiger partial charge in [-0.25, -0.2) is 4.39 Å². The number of halogens is 1. The van der Waals surface area contributed by atoms with Crippen LogP contribution in [0.5, 0.6) is 0 Å². The van der Waals surface area contributed by atoms with Gasteiger partial charge in [-0.05, 0) is 48.9 Å². The molecule has 3 rings (SSSR count). The Hall–Kier alpha value is -1.48. The van der Waals surface area contributed by atoms with Crippen LogP contribution in [0.4, 0.5) is 4.39 Å². The van der Waals surface area contributed by atoms with Crippen molar-refractivity contribution >= 4 is 10.8 Å². The maximum atomic E-state index is 14.7. The molecule has 1 N–H and O–H groups in total. The highest BCUT2D eigenvalue weighted by molar-refractivity contribution is 5.85. The average Bonchev–Trinajstić information content (AvgIpc) is 2.47. The number of benzene rings is 1. The minimum atomic E-state index is -0.863. The van der Waals surface area contributed by atoms with Crippen molar-refractivity contribution in [2.75, 3.05) is 13.1 Å². The van der Waals surface area contributed by atoms with Gasteiger partial charge in [0, 0.05) is 17.8 Å². The van der Waals surface area contributed by atoms with E-state index in [0.29, 0.717) is 0 Å². The molecule has 2 nitrogen and oxygen atoms in total. The number of rotatable bonds is 2. The molecule has 0 spiro atoms. The Balaban J connectivity index is 1.97. The number of nitrogens with zero attached hydrogens (tertiary/aromatic N) is 1. The summed E-state index contributed by atoms with van der Waals surface area (Å²) in [4.78, 5) is 4.09. The van der Waals surface area contributed by atoms with Gasteiger partial charge in [-0.1, -0.05) is 18.2 Å². The third-order valence-corrected chi connectivity index (χ3v) is 3.81. The zero-order valence-corrected chi connectivity index (χ0v) is 10.3. The van der Waals surface area contributed by atoms with Crippen molar-refractivity contribution in [2.45, 2.75) is 19.0 Å². The number of hydrogen-bond donors (Lipinski definition) is 1. The Bertz CT molecular complexity index is 530. The SMILES string of the molecule is FC(c1cccc2cnccc12)C1CCNCC1. The number of alkyl halides is 1. The summed E-state index contributed by atoms with van der Waals surface area (Å²) < 4.78 is 14.7. The van der Waals surface area contributed by atoms with Crippen LogP contribution >= 0.6 is 0 Å². The molecule has 1 aliphatic heterocycles. The first-order valence-corrected chi connectivity index (χ1v) is 6.53. The predicted molar refractivity (Wildman–Crippen MR) is 71.2 cm³/mol. The van der Waals surface area contributed by atoms with Crippen molar-refractivity contribution in [1.82, 2.24) is 10.3 Å². The minimum Gasteiger partial charge on any atom is -0.317 e. The number of piperidine rings is 1. The molecule has 3 heteroatoms. The van der Waals surface area contributed by atoms with Crippen LogP contribution in [0.2, 0.25) is 0 Å². The van der Waals surface area contributed by atoms with E-state index in [4.69, 9.17) is 0 Å². The molecule has 1 aromatic carbocycles. The van der Waals surface area contributed by atoms with E-state index >= 15 is 0 Å². The first-order valence-electron chi connectivity index (χ1n) is 6.53. The fourth-order valence-electron chi connectivity index (χ4n) is 2.78. The first kappa shape index (κ1) is 11.6. The summed E-state index contributed by atoms with van der Waals surface area (Å²) in [6, 6.07) is 7.74. The molecule has 0 bridgehead atoms. The molecule has 18 heavy (non-hydrogen) atoms. The van der Waals surface area contributed by atoms with Crippen molar-refractivity contribution in [3.05, 3.63) is 42.2 Å². The Morgan fingerprint density at radius 1 is 1.22 bits per heavy atom. The van der Waals surface area contributed by atoms with Gasteiger partial charge in [0.2, 0.25) is 0 Å². The third-order valence-electron chi connectivity index (χ3n) is 3.81. The maximum Gasteiger partial charge on any atom is 0.129 e. The second-order valence-electron chi connectivity index (χ2n) is 4.93. The van der Waals surface area contributed by atoms with Gasteiger partial charge in [0.1, 0.15) is 6.17 Å². The Morgan fingerprint density at radius 3 is 2.89 bits per heavy atom. The van der Waals surface area contributed by atoms with Gasteiger partial charge in [-0.3, -0.25) is 4.98 Å². The molecule has 1 saturated heterocycles. The van der Waals surface area contributed by atoms with E-state index < -0.39 is 6.17 Å². The molecular weight excluding hydrogens is 227 g/mol. The Kier molecular flexibility index (Phi) is 3.24. The van der Waals surface area contributed by atoms with Crippen LogP contribution < -0.4 is 5.32 Å². The predicted octanol–water partition coefficient (Wildman–Crippen LogP) is 3.25. The van der Waals surface area contributed by atoms with Crippen molar-refractivity contribution in [3.63, 3.8) is 0 Å². The fourth-order valence-corrected chi connectivity index (χ4v) is 2.78. The van der Waals surface area contributed by atoms with E-state index in [1.165, 1.54) is 0 Å². The van der Waals surface area contributed by atoms with Gasteiger partial charge in [-0.15, -0.1) is 0 Å². The van der Waals surface area contributed by atoms with E-state index in [2.05, 4.69) is 10.3 Å². The van der Waals surface area contributed by atoms with Crippen molar-refractivity contribution < 1.29 is 4.39 Å². The van der Waals surface area contributed by atoms with E-state index in [1.807, 2.05) is 24.3 Å². The number of hydrogen-bond acceptors (Lipinski definition) is 2. The van der Waals surface area contributed by atoms with Gasteiger partial charge in [0.15, 0.2) is 0 Å². The van der Waals surface area contributed by atoms with E-state index in [9.17, 15) is 4.39 Å². The number of nitrogens with one attached hydrogen (secondary N) is 1. The zero-order valence-electron chi connectivity index (χ0n) is 10.3. The van der Waals surface area contributed by atoms with Crippen LogP contribution in [0.3, 0.4) is 0 Å². The van der Waals surface area contributed by atoms with Crippen LogP contribution in [-0.4, -0.2) is 18.1 Å². The van der Waals surface area contributed by atoms with Crippen LogP contribution in [0.25, 0.3) is 10.8 Å². The molecule has 94 valence electrons. The standard InChI is InChI=1S/C15H17FN2/c16-15(11-4-7-17-8-5-11)14-3-1-2-12-10-18-9-6-13(12)14/h1-3,6,9-11,15,17H,4-5,7-8H2. The lowest BCUT2D eigenvalue weighted by Crippen LogP contribution is -2.29. The molecule has 1 aliphatic rings. The Morgan fingerprint density at radius 2 is 2.06 bits per heavy atom. The monoisotopic (exact) mass is 244 g/mol. The van der Waals surface area contributed by atoms with Gasteiger partial charge < -0.3 is 5.32 Å². The molecule has 0 aliphatic carbocycles. The number of aromatic nitrogens is 1. The van der Waals surface area contributed by atoms with Crippen molar-refractivity contribution in [2.24, 2.45) is 5.92 Å². The zero-order chi connectivity index (χ0) is 12.4. The summed E-state index contributed by atoms with van der Waals surface area (Å²) in [5.74, 6) is 0.144. The number of pyridine rings is 1. The maximum absolute atomic E-state index is 14.7. The highest BCUT2D eigenvalue weighted by Gasteiger charge is 2.25. The van der Waals surface area contributed by atoms with Crippen LogP contribution in [0.15, 0.2) is 36.7 Å². The van der Waals surface area contributed by atoms with Crippen molar-refractivity contribution in [3.8, 4) is 0 Å². The Labute approximate surface area is 106 Å². The largest absolute Gasteiger partial charge is 0.317 e. The third kappa shape index (κ3) is 2.10. The molecule has 1 fully saturated rings. The molecule has 2 heterocycles.